The molecule has 0 aliphatic heterocycles. The number of halogens is 1. The standard InChI is InChI=1S/C24H19FN2O/c25-20-13-11-19(12-14-20)23-15-22(27-21-9-5-2-6-10-21)16-26-24(23)28-17-18-7-3-1-4-8-18/h1-16,27H,17H2. The van der Waals surface area contributed by atoms with Crippen molar-refractivity contribution in [2.24, 2.45) is 0 Å². The van der Waals surface area contributed by atoms with E-state index in [2.05, 4.69) is 10.3 Å². The number of hydrogen-bond donors (Lipinski definition) is 1. The molecular weight excluding hydrogens is 351 g/mol. The Hall–Kier alpha value is -3.66. The van der Waals surface area contributed by atoms with Crippen LogP contribution in [0.15, 0.2) is 97.2 Å². The van der Waals surface area contributed by atoms with Crippen LogP contribution >= 0.6 is 0 Å². The van der Waals surface area contributed by atoms with E-state index < -0.39 is 0 Å². The predicted octanol–water partition coefficient (Wildman–Crippen LogP) is 6.21. The van der Waals surface area contributed by atoms with Crippen molar-refractivity contribution in [2.75, 3.05) is 5.32 Å². The molecular formula is C24H19FN2O. The summed E-state index contributed by atoms with van der Waals surface area (Å²) >= 11 is 0. The Kier molecular flexibility index (Phi) is 5.29. The molecule has 4 heteroatoms. The highest BCUT2D eigenvalue weighted by Crippen LogP contribution is 2.32. The summed E-state index contributed by atoms with van der Waals surface area (Å²) in [5.41, 5.74) is 4.50. The summed E-state index contributed by atoms with van der Waals surface area (Å²) in [6, 6.07) is 28.1. The lowest BCUT2D eigenvalue weighted by molar-refractivity contribution is 0.295. The largest absolute Gasteiger partial charge is 0.472 e. The van der Waals surface area contributed by atoms with E-state index in [-0.39, 0.29) is 5.82 Å². The first-order chi connectivity index (χ1) is 13.8. The monoisotopic (exact) mass is 370 g/mol. The van der Waals surface area contributed by atoms with E-state index in [1.54, 1.807) is 18.3 Å². The van der Waals surface area contributed by atoms with Crippen LogP contribution < -0.4 is 10.1 Å². The summed E-state index contributed by atoms with van der Waals surface area (Å²) in [4.78, 5) is 4.51. The first-order valence-electron chi connectivity index (χ1n) is 9.03. The van der Waals surface area contributed by atoms with Crippen molar-refractivity contribution in [1.29, 1.82) is 0 Å². The van der Waals surface area contributed by atoms with Gasteiger partial charge in [0.05, 0.1) is 11.9 Å². The Balaban J connectivity index is 1.65. The smallest absolute Gasteiger partial charge is 0.221 e. The molecule has 0 radical (unpaired) electrons. The maximum Gasteiger partial charge on any atom is 0.221 e. The molecule has 0 saturated heterocycles. The molecule has 3 aromatic carbocycles. The number of rotatable bonds is 6. The van der Waals surface area contributed by atoms with Crippen LogP contribution in [0.25, 0.3) is 11.1 Å². The highest BCUT2D eigenvalue weighted by molar-refractivity contribution is 5.74. The molecule has 1 aromatic heterocycles. The molecule has 4 aromatic rings. The zero-order valence-corrected chi connectivity index (χ0v) is 15.2. The van der Waals surface area contributed by atoms with E-state index in [0.29, 0.717) is 12.5 Å². The highest BCUT2D eigenvalue weighted by atomic mass is 19.1. The van der Waals surface area contributed by atoms with Crippen LogP contribution in [0, 0.1) is 5.82 Å². The van der Waals surface area contributed by atoms with Gasteiger partial charge in [0, 0.05) is 11.3 Å². The normalized spacial score (nSPS) is 10.5. The second-order valence-electron chi connectivity index (χ2n) is 6.35. The first kappa shape index (κ1) is 17.7. The second kappa shape index (κ2) is 8.35. The van der Waals surface area contributed by atoms with Gasteiger partial charge >= 0.3 is 0 Å². The number of aromatic nitrogens is 1. The van der Waals surface area contributed by atoms with E-state index in [4.69, 9.17) is 4.74 Å². The topological polar surface area (TPSA) is 34.2 Å². The minimum atomic E-state index is -0.276. The molecule has 0 unspecified atom stereocenters. The van der Waals surface area contributed by atoms with Crippen LogP contribution in [0.2, 0.25) is 0 Å². The van der Waals surface area contributed by atoms with Gasteiger partial charge in [0.1, 0.15) is 12.4 Å². The first-order valence-corrected chi connectivity index (χ1v) is 9.03. The number of hydrogen-bond acceptors (Lipinski definition) is 3. The van der Waals surface area contributed by atoms with Crippen molar-refractivity contribution in [2.45, 2.75) is 6.61 Å². The molecule has 0 amide bonds. The summed E-state index contributed by atoms with van der Waals surface area (Å²) in [5, 5.41) is 3.33. The molecule has 28 heavy (non-hydrogen) atoms. The fraction of sp³-hybridized carbons (Fsp3) is 0.0417. The quantitative estimate of drug-likeness (QED) is 0.438. The molecule has 0 fully saturated rings. The van der Waals surface area contributed by atoms with Crippen LogP contribution in [0.5, 0.6) is 5.88 Å². The Bertz CT molecular complexity index is 1040. The third-order valence-corrected chi connectivity index (χ3v) is 4.29. The average Bonchev–Trinajstić information content (AvgIpc) is 2.75. The van der Waals surface area contributed by atoms with Gasteiger partial charge in [0.2, 0.25) is 5.88 Å². The Labute approximate surface area is 163 Å². The fourth-order valence-corrected chi connectivity index (χ4v) is 2.89. The van der Waals surface area contributed by atoms with Crippen molar-refractivity contribution in [1.82, 2.24) is 4.98 Å². The number of pyridine rings is 1. The molecule has 0 bridgehead atoms. The number of benzene rings is 3. The van der Waals surface area contributed by atoms with Crippen molar-refractivity contribution in [3.63, 3.8) is 0 Å². The minimum absolute atomic E-state index is 0.276. The van der Waals surface area contributed by atoms with Crippen LogP contribution in [0.3, 0.4) is 0 Å². The molecule has 0 aliphatic carbocycles. The lowest BCUT2D eigenvalue weighted by atomic mass is 10.1. The van der Waals surface area contributed by atoms with Gasteiger partial charge in [-0.15, -0.1) is 0 Å². The lowest BCUT2D eigenvalue weighted by Gasteiger charge is -2.14. The number of para-hydroxylation sites is 1. The van der Waals surface area contributed by atoms with Crippen LogP contribution in [0.4, 0.5) is 15.8 Å². The van der Waals surface area contributed by atoms with E-state index in [1.807, 2.05) is 66.7 Å². The van der Waals surface area contributed by atoms with Gasteiger partial charge in [-0.1, -0.05) is 60.7 Å². The van der Waals surface area contributed by atoms with E-state index in [0.717, 1.165) is 28.1 Å². The maximum atomic E-state index is 13.4. The van der Waals surface area contributed by atoms with E-state index in [1.165, 1.54) is 12.1 Å². The van der Waals surface area contributed by atoms with Crippen molar-refractivity contribution >= 4 is 11.4 Å². The van der Waals surface area contributed by atoms with Gasteiger partial charge in [-0.25, -0.2) is 9.37 Å². The highest BCUT2D eigenvalue weighted by Gasteiger charge is 2.11. The van der Waals surface area contributed by atoms with E-state index >= 15 is 0 Å². The van der Waals surface area contributed by atoms with Crippen LogP contribution in [-0.2, 0) is 6.61 Å². The third kappa shape index (κ3) is 4.35. The van der Waals surface area contributed by atoms with Gasteiger partial charge in [-0.05, 0) is 41.5 Å². The predicted molar refractivity (Wildman–Crippen MR) is 110 cm³/mol. The number of nitrogens with zero attached hydrogens (tertiary/aromatic N) is 1. The number of anilines is 2. The van der Waals surface area contributed by atoms with Crippen LogP contribution in [0.1, 0.15) is 5.56 Å². The third-order valence-electron chi connectivity index (χ3n) is 4.29. The molecule has 0 saturated carbocycles. The zero-order chi connectivity index (χ0) is 19.2. The summed E-state index contributed by atoms with van der Waals surface area (Å²) in [6.07, 6.45) is 1.74. The second-order valence-corrected chi connectivity index (χ2v) is 6.35. The number of nitrogens with one attached hydrogen (secondary N) is 1. The summed E-state index contributed by atoms with van der Waals surface area (Å²) in [6.45, 7) is 0.410. The van der Waals surface area contributed by atoms with Crippen molar-refractivity contribution < 1.29 is 9.13 Å². The van der Waals surface area contributed by atoms with Gasteiger partial charge in [-0.2, -0.15) is 0 Å². The molecule has 1 heterocycles. The number of ether oxygens (including phenoxy) is 1. The van der Waals surface area contributed by atoms with E-state index in [9.17, 15) is 4.39 Å². The lowest BCUT2D eigenvalue weighted by Crippen LogP contribution is -2.00. The van der Waals surface area contributed by atoms with Crippen molar-refractivity contribution in [3.8, 4) is 17.0 Å². The SMILES string of the molecule is Fc1ccc(-c2cc(Nc3ccccc3)cnc2OCc2ccccc2)cc1. The molecule has 0 atom stereocenters. The Morgan fingerprint density at radius 1 is 0.786 bits per heavy atom. The summed E-state index contributed by atoms with van der Waals surface area (Å²) in [5.74, 6) is 0.233. The van der Waals surface area contributed by atoms with Crippen LogP contribution in [-0.4, -0.2) is 4.98 Å². The fourth-order valence-electron chi connectivity index (χ4n) is 2.89. The maximum absolute atomic E-state index is 13.4. The molecule has 138 valence electrons. The Morgan fingerprint density at radius 3 is 2.18 bits per heavy atom. The molecule has 1 N–H and O–H groups in total. The van der Waals surface area contributed by atoms with Gasteiger partial charge in [0.25, 0.3) is 0 Å². The average molecular weight is 370 g/mol. The molecule has 3 nitrogen and oxygen atoms in total. The van der Waals surface area contributed by atoms with Gasteiger partial charge < -0.3 is 10.1 Å². The van der Waals surface area contributed by atoms with Gasteiger partial charge in [0.15, 0.2) is 0 Å². The zero-order valence-electron chi connectivity index (χ0n) is 15.2. The molecule has 4 rings (SSSR count). The summed E-state index contributed by atoms with van der Waals surface area (Å²) in [7, 11) is 0. The summed E-state index contributed by atoms with van der Waals surface area (Å²) < 4.78 is 19.4. The molecule has 0 aliphatic rings. The van der Waals surface area contributed by atoms with Crippen molar-refractivity contribution in [3.05, 3.63) is 109 Å². The van der Waals surface area contributed by atoms with Gasteiger partial charge in [-0.3, -0.25) is 0 Å². The molecule has 0 spiro atoms. The minimum Gasteiger partial charge on any atom is -0.472 e. The Morgan fingerprint density at radius 2 is 1.46 bits per heavy atom.